The van der Waals surface area contributed by atoms with Crippen LogP contribution >= 0.6 is 0 Å². The van der Waals surface area contributed by atoms with Gasteiger partial charge in [0, 0.05) is 13.1 Å². The molecule has 0 radical (unpaired) electrons. The molecule has 3 N–H and O–H groups in total. The Morgan fingerprint density at radius 3 is 2.71 bits per heavy atom. The third-order valence-corrected chi connectivity index (χ3v) is 2.34. The molecular weight excluding hydrogens is 188 g/mol. The van der Waals surface area contributed by atoms with Gasteiger partial charge < -0.3 is 15.6 Å². The summed E-state index contributed by atoms with van der Waals surface area (Å²) in [5, 5.41) is 9.28. The lowest BCUT2D eigenvalue weighted by molar-refractivity contribution is -0.153. The standard InChI is InChI=1S/C8H14N2O4/c1-14-8(13)6(11)4-10-3-2-5(10)7(9)12/h5-6,11H,2-4H2,1H3,(H2,9,12). The van der Waals surface area contributed by atoms with Crippen molar-refractivity contribution in [2.75, 3.05) is 20.2 Å². The van der Waals surface area contributed by atoms with E-state index in [1.807, 2.05) is 0 Å². The summed E-state index contributed by atoms with van der Waals surface area (Å²) < 4.78 is 4.35. The van der Waals surface area contributed by atoms with Gasteiger partial charge in [0.2, 0.25) is 5.91 Å². The van der Waals surface area contributed by atoms with E-state index in [1.54, 1.807) is 4.90 Å². The van der Waals surface area contributed by atoms with Crippen molar-refractivity contribution in [2.24, 2.45) is 5.73 Å². The molecule has 2 unspecified atom stereocenters. The summed E-state index contributed by atoms with van der Waals surface area (Å²) in [4.78, 5) is 23.3. The Morgan fingerprint density at radius 1 is 1.71 bits per heavy atom. The van der Waals surface area contributed by atoms with Crippen molar-refractivity contribution in [3.8, 4) is 0 Å². The fourth-order valence-electron chi connectivity index (χ4n) is 1.41. The number of nitrogens with zero attached hydrogens (tertiary/aromatic N) is 1. The van der Waals surface area contributed by atoms with Crippen molar-refractivity contribution >= 4 is 11.9 Å². The molecule has 1 aliphatic rings. The Balaban J connectivity index is 2.38. The van der Waals surface area contributed by atoms with Crippen molar-refractivity contribution in [3.05, 3.63) is 0 Å². The summed E-state index contributed by atoms with van der Waals surface area (Å²) in [6.07, 6.45) is -0.523. The Kier molecular flexibility index (Phi) is 3.43. The molecule has 2 atom stereocenters. The first-order chi connectivity index (χ1) is 6.56. The van der Waals surface area contributed by atoms with Gasteiger partial charge in [0.25, 0.3) is 0 Å². The Bertz CT molecular complexity index is 243. The summed E-state index contributed by atoms with van der Waals surface area (Å²) in [5.41, 5.74) is 5.09. The number of primary amides is 1. The van der Waals surface area contributed by atoms with E-state index in [-0.39, 0.29) is 12.6 Å². The number of carbonyl (C=O) groups is 2. The molecule has 1 amide bonds. The SMILES string of the molecule is COC(=O)C(O)CN1CCC1C(N)=O. The average molecular weight is 202 g/mol. The van der Waals surface area contributed by atoms with Crippen LogP contribution in [0.1, 0.15) is 6.42 Å². The minimum atomic E-state index is -1.21. The van der Waals surface area contributed by atoms with Crippen LogP contribution in [0.4, 0.5) is 0 Å². The number of rotatable bonds is 4. The fourth-order valence-corrected chi connectivity index (χ4v) is 1.41. The topological polar surface area (TPSA) is 92.9 Å². The minimum Gasteiger partial charge on any atom is -0.467 e. The molecule has 0 aromatic heterocycles. The van der Waals surface area contributed by atoms with Gasteiger partial charge in [0.05, 0.1) is 13.2 Å². The number of methoxy groups -OCH3 is 1. The van der Waals surface area contributed by atoms with Gasteiger partial charge in [0.1, 0.15) is 0 Å². The van der Waals surface area contributed by atoms with Gasteiger partial charge in [-0.2, -0.15) is 0 Å². The lowest BCUT2D eigenvalue weighted by atomic mass is 10.0. The normalized spacial score (nSPS) is 23.7. The number of ether oxygens (including phenoxy) is 1. The lowest BCUT2D eigenvalue weighted by Gasteiger charge is -2.39. The average Bonchev–Trinajstić information content (AvgIpc) is 2.09. The van der Waals surface area contributed by atoms with E-state index in [9.17, 15) is 14.7 Å². The second-order valence-electron chi connectivity index (χ2n) is 3.24. The molecule has 14 heavy (non-hydrogen) atoms. The molecule has 0 aliphatic carbocycles. The van der Waals surface area contributed by atoms with Gasteiger partial charge in [-0.1, -0.05) is 0 Å². The molecule has 80 valence electrons. The molecule has 6 heteroatoms. The van der Waals surface area contributed by atoms with E-state index in [2.05, 4.69) is 4.74 Å². The van der Waals surface area contributed by atoms with E-state index < -0.39 is 18.0 Å². The predicted octanol–water partition coefficient (Wildman–Crippen LogP) is -1.92. The molecule has 0 saturated carbocycles. The molecule has 0 aromatic rings. The fraction of sp³-hybridized carbons (Fsp3) is 0.750. The number of likely N-dealkylation sites (tertiary alicyclic amines) is 1. The Labute approximate surface area is 81.6 Å². The lowest BCUT2D eigenvalue weighted by Crippen LogP contribution is -2.57. The quantitative estimate of drug-likeness (QED) is 0.518. The second kappa shape index (κ2) is 4.39. The van der Waals surface area contributed by atoms with Gasteiger partial charge in [-0.25, -0.2) is 4.79 Å². The van der Waals surface area contributed by atoms with Crippen LogP contribution in [0.25, 0.3) is 0 Å². The highest BCUT2D eigenvalue weighted by Gasteiger charge is 2.35. The van der Waals surface area contributed by atoms with Crippen LogP contribution in [0, 0.1) is 0 Å². The summed E-state index contributed by atoms with van der Waals surface area (Å²) in [7, 11) is 1.20. The summed E-state index contributed by atoms with van der Waals surface area (Å²) >= 11 is 0. The molecule has 1 fully saturated rings. The van der Waals surface area contributed by atoms with Crippen LogP contribution in [-0.2, 0) is 14.3 Å². The Hall–Kier alpha value is -1.14. The number of aliphatic hydroxyl groups excluding tert-OH is 1. The third kappa shape index (κ3) is 2.21. The van der Waals surface area contributed by atoms with E-state index in [0.717, 1.165) is 0 Å². The smallest absolute Gasteiger partial charge is 0.336 e. The number of amides is 1. The van der Waals surface area contributed by atoms with Crippen LogP contribution < -0.4 is 5.73 Å². The predicted molar refractivity (Wildman–Crippen MR) is 47.2 cm³/mol. The molecule has 6 nitrogen and oxygen atoms in total. The maximum Gasteiger partial charge on any atom is 0.336 e. The summed E-state index contributed by atoms with van der Waals surface area (Å²) in [6, 6.07) is -0.352. The second-order valence-corrected chi connectivity index (χ2v) is 3.24. The van der Waals surface area contributed by atoms with Crippen LogP contribution in [-0.4, -0.2) is 54.2 Å². The van der Waals surface area contributed by atoms with Crippen molar-refractivity contribution in [2.45, 2.75) is 18.6 Å². The number of nitrogens with two attached hydrogens (primary N) is 1. The molecular formula is C8H14N2O4. The zero-order chi connectivity index (χ0) is 10.7. The van der Waals surface area contributed by atoms with Crippen molar-refractivity contribution in [1.29, 1.82) is 0 Å². The van der Waals surface area contributed by atoms with E-state index in [0.29, 0.717) is 13.0 Å². The number of hydrogen-bond donors (Lipinski definition) is 2. The summed E-state index contributed by atoms with van der Waals surface area (Å²) in [6.45, 7) is 0.766. The number of carbonyl (C=O) groups excluding carboxylic acids is 2. The van der Waals surface area contributed by atoms with E-state index in [1.165, 1.54) is 7.11 Å². The summed E-state index contributed by atoms with van der Waals surface area (Å²) in [5.74, 6) is -1.12. The number of hydrogen-bond acceptors (Lipinski definition) is 5. The largest absolute Gasteiger partial charge is 0.467 e. The number of β-amino-alcohol motifs (C(OH)–C–C–N with tert-alkyl or cyclic N) is 1. The Morgan fingerprint density at radius 2 is 2.36 bits per heavy atom. The van der Waals surface area contributed by atoms with Crippen LogP contribution in [0.15, 0.2) is 0 Å². The van der Waals surface area contributed by atoms with E-state index in [4.69, 9.17) is 5.73 Å². The van der Waals surface area contributed by atoms with E-state index >= 15 is 0 Å². The number of esters is 1. The van der Waals surface area contributed by atoms with Crippen molar-refractivity contribution in [1.82, 2.24) is 4.90 Å². The maximum atomic E-state index is 10.8. The zero-order valence-electron chi connectivity index (χ0n) is 7.97. The highest BCUT2D eigenvalue weighted by atomic mass is 16.5. The van der Waals surface area contributed by atoms with Crippen LogP contribution in [0.2, 0.25) is 0 Å². The highest BCUT2D eigenvalue weighted by Crippen LogP contribution is 2.16. The molecule has 1 rings (SSSR count). The molecule has 1 saturated heterocycles. The minimum absolute atomic E-state index is 0.0975. The van der Waals surface area contributed by atoms with Gasteiger partial charge in [-0.05, 0) is 6.42 Å². The van der Waals surface area contributed by atoms with Crippen LogP contribution in [0.5, 0.6) is 0 Å². The van der Waals surface area contributed by atoms with Crippen LogP contribution in [0.3, 0.4) is 0 Å². The van der Waals surface area contributed by atoms with Crippen molar-refractivity contribution in [3.63, 3.8) is 0 Å². The number of aliphatic hydroxyl groups is 1. The zero-order valence-corrected chi connectivity index (χ0v) is 7.97. The molecule has 1 aliphatic heterocycles. The first-order valence-corrected chi connectivity index (χ1v) is 4.35. The molecule has 0 bridgehead atoms. The first-order valence-electron chi connectivity index (χ1n) is 4.35. The first kappa shape index (κ1) is 10.9. The monoisotopic (exact) mass is 202 g/mol. The van der Waals surface area contributed by atoms with Gasteiger partial charge >= 0.3 is 5.97 Å². The third-order valence-electron chi connectivity index (χ3n) is 2.34. The molecule has 0 aromatic carbocycles. The molecule has 0 spiro atoms. The van der Waals surface area contributed by atoms with Crippen molar-refractivity contribution < 1.29 is 19.4 Å². The highest BCUT2D eigenvalue weighted by molar-refractivity contribution is 5.81. The maximum absolute atomic E-state index is 10.8. The molecule has 1 heterocycles. The van der Waals surface area contributed by atoms with Gasteiger partial charge in [-0.15, -0.1) is 0 Å². The van der Waals surface area contributed by atoms with Gasteiger partial charge in [0.15, 0.2) is 6.10 Å². The van der Waals surface area contributed by atoms with Gasteiger partial charge in [-0.3, -0.25) is 9.69 Å².